The number of aliphatic carboxylic acids is 1. The zero-order valence-corrected chi connectivity index (χ0v) is 19.3. The maximum absolute atomic E-state index is 15.5. The van der Waals surface area contributed by atoms with Crippen LogP contribution in [-0.2, 0) is 11.2 Å². The second-order valence-electron chi connectivity index (χ2n) is 10.3. The first-order chi connectivity index (χ1) is 15.4. The number of halogens is 2. The predicted octanol–water partition coefficient (Wildman–Crippen LogP) is 5.96. The molecule has 4 rings (SSSR count). The molecule has 0 saturated carbocycles. The Morgan fingerprint density at radius 1 is 1.18 bits per heavy atom. The molecule has 2 atom stereocenters. The fraction of sp³-hybridized carbons (Fsp3) is 0.370. The highest BCUT2D eigenvalue weighted by atomic mass is 19.1. The highest BCUT2D eigenvalue weighted by Crippen LogP contribution is 2.50. The maximum atomic E-state index is 15.5. The second-order valence-corrected chi connectivity index (χ2v) is 10.3. The van der Waals surface area contributed by atoms with Crippen molar-refractivity contribution < 1.29 is 23.8 Å². The highest BCUT2D eigenvalue weighted by molar-refractivity contribution is 5.85. The van der Waals surface area contributed by atoms with Gasteiger partial charge in [0.05, 0.1) is 6.04 Å². The summed E-state index contributed by atoms with van der Waals surface area (Å²) < 4.78 is 31.0. The summed E-state index contributed by atoms with van der Waals surface area (Å²) in [5, 5.41) is 18.8. The Morgan fingerprint density at radius 2 is 1.85 bits per heavy atom. The lowest BCUT2D eigenvalue weighted by atomic mass is 9.82. The van der Waals surface area contributed by atoms with E-state index in [2.05, 4.69) is 32.6 Å². The number of carboxylic acid groups (broad SMARTS) is 1. The van der Waals surface area contributed by atoms with Crippen molar-refractivity contribution in [3.63, 3.8) is 0 Å². The molecule has 2 N–H and O–H groups in total. The quantitative estimate of drug-likeness (QED) is 0.561. The lowest BCUT2D eigenvalue weighted by molar-refractivity contribution is -0.131. The average molecular weight is 454 g/mol. The third kappa shape index (κ3) is 4.58. The number of rotatable bonds is 4. The molecule has 0 aromatic heterocycles. The molecule has 0 radical (unpaired) electrons. The van der Waals surface area contributed by atoms with Crippen LogP contribution >= 0.6 is 0 Å². The number of carboxylic acids is 1. The number of benzene rings is 2. The second kappa shape index (κ2) is 8.41. The van der Waals surface area contributed by atoms with E-state index in [1.165, 1.54) is 18.2 Å². The van der Waals surface area contributed by atoms with Crippen LogP contribution in [0.2, 0.25) is 0 Å². The summed E-state index contributed by atoms with van der Waals surface area (Å²) in [6.07, 6.45) is 3.34. The third-order valence-electron chi connectivity index (χ3n) is 6.36. The summed E-state index contributed by atoms with van der Waals surface area (Å²) in [4.78, 5) is 13.0. The molecule has 0 unspecified atom stereocenters. The first-order valence-corrected chi connectivity index (χ1v) is 11.1. The van der Waals surface area contributed by atoms with Crippen molar-refractivity contribution in [2.24, 2.45) is 5.41 Å². The largest absolute Gasteiger partial charge is 0.508 e. The molecule has 1 aliphatic heterocycles. The van der Waals surface area contributed by atoms with E-state index in [1.807, 2.05) is 6.07 Å². The van der Waals surface area contributed by atoms with Crippen LogP contribution in [0.1, 0.15) is 62.4 Å². The summed E-state index contributed by atoms with van der Waals surface area (Å²) in [6.45, 7) is 9.05. The Bertz CT molecular complexity index is 1150. The highest BCUT2D eigenvalue weighted by Gasteiger charge is 2.42. The van der Waals surface area contributed by atoms with Gasteiger partial charge < -0.3 is 10.2 Å². The first kappa shape index (κ1) is 23.2. The number of nitrogens with zero attached hydrogens (tertiary/aromatic N) is 1. The van der Waals surface area contributed by atoms with Crippen molar-refractivity contribution in [1.82, 2.24) is 4.90 Å². The number of aromatic hydroxyl groups is 1. The Balaban J connectivity index is 1.87. The van der Waals surface area contributed by atoms with Gasteiger partial charge in [-0.15, -0.1) is 0 Å². The fourth-order valence-corrected chi connectivity index (χ4v) is 5.14. The maximum Gasteiger partial charge on any atom is 0.328 e. The van der Waals surface area contributed by atoms with Gasteiger partial charge in [-0.25, -0.2) is 13.6 Å². The molecule has 0 saturated heterocycles. The van der Waals surface area contributed by atoms with Crippen molar-refractivity contribution in [2.75, 3.05) is 6.54 Å². The normalized spacial score (nSPS) is 20.9. The smallest absolute Gasteiger partial charge is 0.328 e. The molecule has 0 bridgehead atoms. The lowest BCUT2D eigenvalue weighted by Gasteiger charge is -2.45. The van der Waals surface area contributed by atoms with Gasteiger partial charge in [0, 0.05) is 24.2 Å². The molecule has 2 aromatic rings. The Morgan fingerprint density at radius 3 is 2.45 bits per heavy atom. The fourth-order valence-electron chi connectivity index (χ4n) is 5.14. The van der Waals surface area contributed by atoms with E-state index >= 15 is 8.78 Å². The van der Waals surface area contributed by atoms with Gasteiger partial charge in [0.1, 0.15) is 17.4 Å². The van der Waals surface area contributed by atoms with E-state index in [1.54, 1.807) is 12.1 Å². The molecule has 0 spiro atoms. The first-order valence-electron chi connectivity index (χ1n) is 11.1. The van der Waals surface area contributed by atoms with E-state index in [9.17, 15) is 9.90 Å². The molecule has 0 fully saturated rings. The SMILES string of the molecule is C[C@@H]1CC2=C(Cc3cc(O)ccc32)[C@@H](c2c(F)cc(/C=C/C(=O)O)cc2F)N1CC(C)(C)C. The van der Waals surface area contributed by atoms with E-state index in [0.717, 1.165) is 34.8 Å². The molecule has 1 heterocycles. The van der Waals surface area contributed by atoms with Gasteiger partial charge in [0.2, 0.25) is 0 Å². The van der Waals surface area contributed by atoms with Crippen LogP contribution in [0.15, 0.2) is 42.0 Å². The van der Waals surface area contributed by atoms with Crippen LogP contribution in [0.4, 0.5) is 8.78 Å². The van der Waals surface area contributed by atoms with E-state index in [4.69, 9.17) is 5.11 Å². The van der Waals surface area contributed by atoms with Crippen molar-refractivity contribution in [1.29, 1.82) is 0 Å². The topological polar surface area (TPSA) is 60.8 Å². The average Bonchev–Trinajstić information content (AvgIpc) is 3.04. The minimum atomic E-state index is -1.18. The van der Waals surface area contributed by atoms with Gasteiger partial charge in [-0.2, -0.15) is 0 Å². The summed E-state index contributed by atoms with van der Waals surface area (Å²) in [5.41, 5.74) is 4.13. The molecule has 4 nitrogen and oxygen atoms in total. The van der Waals surface area contributed by atoms with Crippen LogP contribution in [0, 0.1) is 17.0 Å². The zero-order chi connectivity index (χ0) is 24.1. The van der Waals surface area contributed by atoms with Gasteiger partial charge >= 0.3 is 5.97 Å². The molecule has 2 aliphatic rings. The Kier molecular flexibility index (Phi) is 5.91. The predicted molar refractivity (Wildman–Crippen MR) is 125 cm³/mol. The molecular formula is C27H29F2NO3. The molecule has 6 heteroatoms. The van der Waals surface area contributed by atoms with Crippen LogP contribution in [0.5, 0.6) is 5.75 Å². The summed E-state index contributed by atoms with van der Waals surface area (Å²) >= 11 is 0. The van der Waals surface area contributed by atoms with Crippen LogP contribution in [0.3, 0.4) is 0 Å². The van der Waals surface area contributed by atoms with Crippen molar-refractivity contribution in [3.8, 4) is 5.75 Å². The minimum Gasteiger partial charge on any atom is -0.508 e. The molecule has 1 aliphatic carbocycles. The monoisotopic (exact) mass is 453 g/mol. The molecule has 2 aromatic carbocycles. The molecule has 174 valence electrons. The molecule has 33 heavy (non-hydrogen) atoms. The number of hydrogen-bond donors (Lipinski definition) is 2. The summed E-state index contributed by atoms with van der Waals surface area (Å²) in [6, 6.07) is 7.13. The van der Waals surface area contributed by atoms with Crippen molar-refractivity contribution in [3.05, 3.63) is 75.9 Å². The van der Waals surface area contributed by atoms with Gasteiger partial charge in [-0.05, 0) is 83.4 Å². The Labute approximate surface area is 192 Å². The van der Waals surface area contributed by atoms with Gasteiger partial charge in [-0.1, -0.05) is 26.8 Å². The van der Waals surface area contributed by atoms with Gasteiger partial charge in [0.15, 0.2) is 0 Å². The number of fused-ring (bicyclic) bond motifs is 2. The summed E-state index contributed by atoms with van der Waals surface area (Å²) in [7, 11) is 0. The van der Waals surface area contributed by atoms with Gasteiger partial charge in [0.25, 0.3) is 0 Å². The summed E-state index contributed by atoms with van der Waals surface area (Å²) in [5.74, 6) is -2.39. The Hall–Kier alpha value is -2.99. The zero-order valence-electron chi connectivity index (χ0n) is 19.3. The van der Waals surface area contributed by atoms with E-state index in [0.29, 0.717) is 13.0 Å². The van der Waals surface area contributed by atoms with Crippen LogP contribution < -0.4 is 0 Å². The number of carbonyl (C=O) groups is 1. The lowest BCUT2D eigenvalue weighted by Crippen LogP contribution is -2.45. The van der Waals surface area contributed by atoms with Crippen LogP contribution in [0.25, 0.3) is 11.6 Å². The number of phenolic OH excluding ortho intramolecular Hbond substituents is 1. The minimum absolute atomic E-state index is 0.0113. The van der Waals surface area contributed by atoms with E-state index in [-0.39, 0.29) is 28.3 Å². The van der Waals surface area contributed by atoms with Gasteiger partial charge in [-0.3, -0.25) is 4.90 Å². The third-order valence-corrected chi connectivity index (χ3v) is 6.36. The molecule has 0 amide bonds. The van der Waals surface area contributed by atoms with Crippen molar-refractivity contribution >= 4 is 17.6 Å². The number of phenols is 1. The van der Waals surface area contributed by atoms with E-state index < -0.39 is 23.6 Å². The van der Waals surface area contributed by atoms with Crippen molar-refractivity contribution in [2.45, 2.75) is 52.6 Å². The standard InChI is InChI=1S/C27H29F2NO3/c1-15-9-20-19-7-6-18(31)12-17(19)13-21(20)26(30(15)14-27(2,3)4)25-22(28)10-16(11-23(25)29)5-8-24(32)33/h5-8,10-12,15,26,31H,9,13-14H2,1-4H3,(H,32,33)/b8-5+/t15-,26+/m1/s1. The van der Waals surface area contributed by atoms with Crippen LogP contribution in [-0.4, -0.2) is 33.7 Å². The molecular weight excluding hydrogens is 424 g/mol. The number of hydrogen-bond acceptors (Lipinski definition) is 3.